The van der Waals surface area contributed by atoms with Crippen molar-refractivity contribution in [3.8, 4) is 11.1 Å². The molecule has 8 nitrogen and oxygen atoms in total. The molecule has 0 spiro atoms. The van der Waals surface area contributed by atoms with Gasteiger partial charge in [0, 0.05) is 19.0 Å². The fraction of sp³-hybridized carbons (Fsp3) is 0.257. The molecule has 228 valence electrons. The molecule has 0 saturated carbocycles. The molecule has 0 aromatic heterocycles. The number of ether oxygens (including phenoxy) is 1. The number of carbonyl (C=O) groups is 2. The largest absolute Gasteiger partial charge is 0.480 e. The molecule has 1 atom stereocenters. The third kappa shape index (κ3) is 7.01. The molecule has 0 radical (unpaired) electrons. The maximum atomic E-state index is 13.7. The SMILES string of the molecule is Cc1ccc(S(=O)(=O)N(Cc2ccccc2)[C@@H](CCCCNC(=O)OCC2c3ccccc3-c3ccccc32)C(=O)O)cc1. The van der Waals surface area contributed by atoms with Crippen molar-refractivity contribution in [3.63, 3.8) is 0 Å². The molecule has 4 aromatic carbocycles. The van der Waals surface area contributed by atoms with Gasteiger partial charge in [-0.05, 0) is 66.1 Å². The van der Waals surface area contributed by atoms with Crippen LogP contribution in [-0.2, 0) is 26.1 Å². The van der Waals surface area contributed by atoms with Gasteiger partial charge < -0.3 is 15.2 Å². The lowest BCUT2D eigenvalue weighted by molar-refractivity contribution is -0.141. The van der Waals surface area contributed by atoms with Crippen LogP contribution in [0.3, 0.4) is 0 Å². The number of benzene rings is 4. The van der Waals surface area contributed by atoms with Crippen molar-refractivity contribution in [1.82, 2.24) is 9.62 Å². The van der Waals surface area contributed by atoms with Crippen LogP contribution >= 0.6 is 0 Å². The number of unbranched alkanes of at least 4 members (excludes halogenated alkanes) is 1. The zero-order valence-electron chi connectivity index (χ0n) is 24.6. The van der Waals surface area contributed by atoms with E-state index in [1.165, 1.54) is 12.1 Å². The molecule has 0 bridgehead atoms. The lowest BCUT2D eigenvalue weighted by Crippen LogP contribution is -2.44. The molecule has 0 fully saturated rings. The number of amides is 1. The second kappa shape index (κ2) is 13.9. The van der Waals surface area contributed by atoms with Crippen molar-refractivity contribution in [2.75, 3.05) is 13.2 Å². The van der Waals surface area contributed by atoms with Crippen LogP contribution in [0.1, 0.15) is 47.4 Å². The molecule has 0 unspecified atom stereocenters. The summed E-state index contributed by atoms with van der Waals surface area (Å²) in [5.74, 6) is -1.27. The van der Waals surface area contributed by atoms with Gasteiger partial charge in [-0.15, -0.1) is 0 Å². The normalized spacial score (nSPS) is 13.2. The van der Waals surface area contributed by atoms with Gasteiger partial charge in [0.15, 0.2) is 0 Å². The summed E-state index contributed by atoms with van der Waals surface area (Å²) in [6.07, 6.45) is 0.376. The van der Waals surface area contributed by atoms with Crippen molar-refractivity contribution in [2.45, 2.75) is 49.6 Å². The van der Waals surface area contributed by atoms with E-state index in [0.29, 0.717) is 18.4 Å². The Labute approximate surface area is 258 Å². The van der Waals surface area contributed by atoms with Crippen LogP contribution < -0.4 is 5.32 Å². The monoisotopic (exact) mass is 612 g/mol. The zero-order chi connectivity index (χ0) is 31.1. The Hall–Kier alpha value is -4.47. The number of carboxylic acid groups (broad SMARTS) is 1. The Morgan fingerprint density at radius 2 is 1.43 bits per heavy atom. The topological polar surface area (TPSA) is 113 Å². The molecule has 4 aromatic rings. The Kier molecular flexibility index (Phi) is 9.77. The third-order valence-electron chi connectivity index (χ3n) is 7.96. The average molecular weight is 613 g/mol. The zero-order valence-corrected chi connectivity index (χ0v) is 25.4. The van der Waals surface area contributed by atoms with E-state index in [4.69, 9.17) is 4.74 Å². The molecule has 5 rings (SSSR count). The second-order valence-electron chi connectivity index (χ2n) is 11.0. The van der Waals surface area contributed by atoms with Crippen LogP contribution in [0, 0.1) is 6.92 Å². The number of carboxylic acids is 1. The Bertz CT molecular complexity index is 1660. The summed E-state index contributed by atoms with van der Waals surface area (Å²) in [6.45, 7) is 2.25. The summed E-state index contributed by atoms with van der Waals surface area (Å²) in [4.78, 5) is 25.0. The van der Waals surface area contributed by atoms with E-state index in [-0.39, 0.29) is 36.9 Å². The first-order valence-corrected chi connectivity index (χ1v) is 16.1. The molecular formula is C35H36N2O6S. The lowest BCUT2D eigenvalue weighted by atomic mass is 9.98. The van der Waals surface area contributed by atoms with Crippen molar-refractivity contribution in [1.29, 1.82) is 0 Å². The predicted molar refractivity (Wildman–Crippen MR) is 169 cm³/mol. The van der Waals surface area contributed by atoms with E-state index < -0.39 is 28.1 Å². The molecule has 1 aliphatic rings. The minimum atomic E-state index is -4.11. The highest BCUT2D eigenvalue weighted by atomic mass is 32.2. The van der Waals surface area contributed by atoms with Crippen molar-refractivity contribution in [2.24, 2.45) is 0 Å². The van der Waals surface area contributed by atoms with E-state index >= 15 is 0 Å². The van der Waals surface area contributed by atoms with E-state index in [1.54, 1.807) is 36.4 Å². The molecule has 44 heavy (non-hydrogen) atoms. The van der Waals surface area contributed by atoms with Crippen molar-refractivity contribution >= 4 is 22.1 Å². The van der Waals surface area contributed by atoms with Crippen LogP contribution in [-0.4, -0.2) is 49.1 Å². The van der Waals surface area contributed by atoms with Gasteiger partial charge in [-0.3, -0.25) is 4.79 Å². The summed E-state index contributed by atoms with van der Waals surface area (Å²) in [6, 6.07) is 30.3. The van der Waals surface area contributed by atoms with Gasteiger partial charge in [0.2, 0.25) is 10.0 Å². The Morgan fingerprint density at radius 1 is 0.841 bits per heavy atom. The summed E-state index contributed by atoms with van der Waals surface area (Å²) in [5.41, 5.74) is 6.14. The van der Waals surface area contributed by atoms with Gasteiger partial charge in [0.05, 0.1) is 4.90 Å². The van der Waals surface area contributed by atoms with Crippen molar-refractivity contribution < 1.29 is 27.9 Å². The first kappa shape index (κ1) is 31.0. The number of sulfonamides is 1. The van der Waals surface area contributed by atoms with Gasteiger partial charge in [0.25, 0.3) is 0 Å². The van der Waals surface area contributed by atoms with Crippen LogP contribution in [0.25, 0.3) is 11.1 Å². The highest BCUT2D eigenvalue weighted by Crippen LogP contribution is 2.44. The number of alkyl carbamates (subject to hydrolysis) is 1. The van der Waals surface area contributed by atoms with E-state index in [1.807, 2.05) is 37.3 Å². The number of carbonyl (C=O) groups excluding carboxylic acids is 1. The van der Waals surface area contributed by atoms with E-state index in [2.05, 4.69) is 29.6 Å². The molecule has 9 heteroatoms. The lowest BCUT2D eigenvalue weighted by Gasteiger charge is -2.28. The second-order valence-corrected chi connectivity index (χ2v) is 12.8. The summed E-state index contributed by atoms with van der Waals surface area (Å²) >= 11 is 0. The quantitative estimate of drug-likeness (QED) is 0.170. The summed E-state index contributed by atoms with van der Waals surface area (Å²) in [7, 11) is -4.11. The van der Waals surface area contributed by atoms with Gasteiger partial charge in [-0.1, -0.05) is 96.6 Å². The average Bonchev–Trinajstić information content (AvgIpc) is 3.35. The van der Waals surface area contributed by atoms with Crippen molar-refractivity contribution in [3.05, 3.63) is 125 Å². The number of nitrogens with one attached hydrogen (secondary N) is 1. The van der Waals surface area contributed by atoms with Gasteiger partial charge in [-0.2, -0.15) is 4.31 Å². The van der Waals surface area contributed by atoms with E-state index in [9.17, 15) is 23.1 Å². The highest BCUT2D eigenvalue weighted by Gasteiger charge is 2.36. The molecule has 0 heterocycles. The van der Waals surface area contributed by atoms with Crippen LogP contribution in [0.2, 0.25) is 0 Å². The standard InChI is InChI=1S/C35H36N2O6S/c1-25-18-20-27(21-19-25)44(41,42)37(23-26-11-3-2-4-12-26)33(34(38)39)17-9-10-22-36-35(40)43-24-32-30-15-7-5-13-28(30)29-14-6-8-16-31(29)32/h2-8,11-16,18-21,32-33H,9-10,17,22-24H2,1H3,(H,36,40)(H,38,39)/t33-/m0/s1. The molecular weight excluding hydrogens is 576 g/mol. The van der Waals surface area contributed by atoms with Gasteiger partial charge >= 0.3 is 12.1 Å². The number of aryl methyl sites for hydroxylation is 1. The summed E-state index contributed by atoms with van der Waals surface area (Å²) < 4.78 is 34.0. The number of hydrogen-bond acceptors (Lipinski definition) is 5. The van der Waals surface area contributed by atoms with E-state index in [0.717, 1.165) is 32.1 Å². The predicted octanol–water partition coefficient (Wildman–Crippen LogP) is 6.35. The van der Waals surface area contributed by atoms with Gasteiger partial charge in [-0.25, -0.2) is 13.2 Å². The number of rotatable bonds is 13. The van der Waals surface area contributed by atoms with Crippen LogP contribution in [0.15, 0.2) is 108 Å². The number of nitrogens with zero attached hydrogens (tertiary/aromatic N) is 1. The van der Waals surface area contributed by atoms with Crippen LogP contribution in [0.5, 0.6) is 0 Å². The number of aliphatic carboxylic acids is 1. The highest BCUT2D eigenvalue weighted by molar-refractivity contribution is 7.89. The third-order valence-corrected chi connectivity index (χ3v) is 9.83. The smallest absolute Gasteiger partial charge is 0.407 e. The first-order chi connectivity index (χ1) is 21.3. The fourth-order valence-corrected chi connectivity index (χ4v) is 7.27. The molecule has 0 saturated heterocycles. The molecule has 1 amide bonds. The van der Waals surface area contributed by atoms with Crippen LogP contribution in [0.4, 0.5) is 4.79 Å². The summed E-state index contributed by atoms with van der Waals surface area (Å²) in [5, 5.41) is 12.9. The molecule has 1 aliphatic carbocycles. The minimum Gasteiger partial charge on any atom is -0.480 e. The minimum absolute atomic E-state index is 0.0437. The maximum Gasteiger partial charge on any atom is 0.407 e. The molecule has 0 aliphatic heterocycles. The fourth-order valence-electron chi connectivity index (χ4n) is 5.66. The Balaban J connectivity index is 1.17. The first-order valence-electron chi connectivity index (χ1n) is 14.7. The Morgan fingerprint density at radius 3 is 2.05 bits per heavy atom. The van der Waals surface area contributed by atoms with Gasteiger partial charge in [0.1, 0.15) is 12.6 Å². The number of hydrogen-bond donors (Lipinski definition) is 2. The molecule has 2 N–H and O–H groups in total. The number of fused-ring (bicyclic) bond motifs is 3. The maximum absolute atomic E-state index is 13.7.